The maximum Gasteiger partial charge on any atom is 0.419 e. The van der Waals surface area contributed by atoms with Crippen molar-refractivity contribution in [2.24, 2.45) is 0 Å². The molecule has 0 aliphatic heterocycles. The number of methoxy groups -OCH3 is 1. The zero-order valence-electron chi connectivity index (χ0n) is 17.7. The zero-order valence-corrected chi connectivity index (χ0v) is 17.7. The monoisotopic (exact) mass is 457 g/mol. The molecule has 0 bridgehead atoms. The van der Waals surface area contributed by atoms with Gasteiger partial charge in [0.1, 0.15) is 11.6 Å². The molecule has 33 heavy (non-hydrogen) atoms. The van der Waals surface area contributed by atoms with E-state index in [2.05, 4.69) is 4.98 Å². The highest BCUT2D eigenvalue weighted by Crippen LogP contribution is 2.32. The molecule has 170 valence electrons. The molecule has 0 saturated heterocycles. The Morgan fingerprint density at radius 3 is 2.30 bits per heavy atom. The van der Waals surface area contributed by atoms with Crippen molar-refractivity contribution >= 4 is 10.8 Å². The van der Waals surface area contributed by atoms with Gasteiger partial charge in [0, 0.05) is 24.3 Å². The molecule has 0 amide bonds. The number of nitrogens with zero attached hydrogens (tertiary/aromatic N) is 1. The van der Waals surface area contributed by atoms with Crippen LogP contribution in [0.4, 0.5) is 22.0 Å². The summed E-state index contributed by atoms with van der Waals surface area (Å²) in [5.74, 6) is -1.72. The summed E-state index contributed by atoms with van der Waals surface area (Å²) in [6.45, 7) is 0.470. The van der Waals surface area contributed by atoms with Crippen LogP contribution in [0.25, 0.3) is 22.0 Å². The first kappa shape index (κ1) is 22.9. The van der Waals surface area contributed by atoms with Crippen LogP contribution in [0.15, 0.2) is 66.9 Å². The smallest absolute Gasteiger partial charge is 0.380 e. The number of halogens is 5. The number of alkyl halides is 3. The van der Waals surface area contributed by atoms with Gasteiger partial charge in [0.2, 0.25) is 0 Å². The molecule has 1 aromatic heterocycles. The second-order valence-corrected chi connectivity index (χ2v) is 7.77. The lowest BCUT2D eigenvalue weighted by molar-refractivity contribution is -0.140. The van der Waals surface area contributed by atoms with Gasteiger partial charge < -0.3 is 4.74 Å². The van der Waals surface area contributed by atoms with Crippen LogP contribution < -0.4 is 0 Å². The predicted octanol–water partition coefficient (Wildman–Crippen LogP) is 7.13. The van der Waals surface area contributed by atoms with Crippen LogP contribution >= 0.6 is 0 Å². The van der Waals surface area contributed by atoms with Crippen molar-refractivity contribution in [1.82, 2.24) is 4.98 Å². The third-order valence-electron chi connectivity index (χ3n) is 5.49. The van der Waals surface area contributed by atoms with Crippen LogP contribution in [0.2, 0.25) is 0 Å². The van der Waals surface area contributed by atoms with Gasteiger partial charge in [-0.15, -0.1) is 0 Å². The number of aromatic nitrogens is 1. The Morgan fingerprint density at radius 1 is 0.848 bits per heavy atom. The van der Waals surface area contributed by atoms with Crippen molar-refractivity contribution < 1.29 is 26.7 Å². The molecule has 0 radical (unpaired) electrons. The molecule has 0 aliphatic carbocycles. The predicted molar refractivity (Wildman–Crippen MR) is 117 cm³/mol. The fourth-order valence-corrected chi connectivity index (χ4v) is 3.76. The number of hydrogen-bond donors (Lipinski definition) is 0. The number of benzene rings is 3. The first-order valence-electron chi connectivity index (χ1n) is 10.3. The van der Waals surface area contributed by atoms with Crippen molar-refractivity contribution in [3.63, 3.8) is 0 Å². The third kappa shape index (κ3) is 5.03. The molecular weight excluding hydrogens is 437 g/mol. The van der Waals surface area contributed by atoms with Gasteiger partial charge in [-0.3, -0.25) is 4.98 Å². The summed E-state index contributed by atoms with van der Waals surface area (Å²) in [6, 6.07) is 15.4. The van der Waals surface area contributed by atoms with Gasteiger partial charge in [-0.25, -0.2) is 8.78 Å². The third-order valence-corrected chi connectivity index (χ3v) is 5.49. The molecule has 2 nitrogen and oxygen atoms in total. The summed E-state index contributed by atoms with van der Waals surface area (Å²) in [7, 11) is 1.61. The van der Waals surface area contributed by atoms with Crippen molar-refractivity contribution in [2.45, 2.75) is 25.6 Å². The Hall–Kier alpha value is -3.32. The Kier molecular flexibility index (Phi) is 6.42. The maximum atomic E-state index is 15.1. The Morgan fingerprint density at radius 2 is 1.64 bits per heavy atom. The quantitative estimate of drug-likeness (QED) is 0.287. The molecule has 0 fully saturated rings. The Bertz CT molecular complexity index is 1280. The maximum absolute atomic E-state index is 15.1. The van der Waals surface area contributed by atoms with Crippen LogP contribution in [0.3, 0.4) is 0 Å². The second kappa shape index (κ2) is 9.27. The summed E-state index contributed by atoms with van der Waals surface area (Å²) in [5.41, 5.74) is 2.03. The topological polar surface area (TPSA) is 22.1 Å². The number of rotatable bonds is 6. The molecule has 0 N–H and O–H groups in total. The number of hydrogen-bond acceptors (Lipinski definition) is 2. The lowest BCUT2D eigenvalue weighted by Crippen LogP contribution is -2.08. The first-order chi connectivity index (χ1) is 15.8. The molecule has 1 heterocycles. The van der Waals surface area contributed by atoms with Crippen LogP contribution in [-0.4, -0.2) is 12.1 Å². The number of pyridine rings is 1. The average molecular weight is 457 g/mol. The summed E-state index contributed by atoms with van der Waals surface area (Å²) in [6.07, 6.45) is -2.56. The van der Waals surface area contributed by atoms with E-state index in [0.717, 1.165) is 29.0 Å². The van der Waals surface area contributed by atoms with Gasteiger partial charge >= 0.3 is 6.18 Å². The molecule has 0 spiro atoms. The molecule has 3 aromatic carbocycles. The van der Waals surface area contributed by atoms with Crippen LogP contribution in [0.5, 0.6) is 0 Å². The van der Waals surface area contributed by atoms with Gasteiger partial charge in [0.05, 0.1) is 17.9 Å². The fourth-order valence-electron chi connectivity index (χ4n) is 3.76. The summed E-state index contributed by atoms with van der Waals surface area (Å²) >= 11 is 0. The molecule has 4 aromatic rings. The SMILES string of the molecule is COCc1ccc(-c2ccc3c(F)c(CCc4ccc(C(F)(F)F)c(F)c4)ccc3c2)nc1. The number of aryl methyl sites for hydroxylation is 2. The highest BCUT2D eigenvalue weighted by atomic mass is 19.4. The highest BCUT2D eigenvalue weighted by Gasteiger charge is 2.33. The van der Waals surface area contributed by atoms with Crippen molar-refractivity contribution in [3.8, 4) is 11.3 Å². The molecule has 0 atom stereocenters. The molecule has 0 unspecified atom stereocenters. The standard InChI is InChI=1S/C26H20F5NO/c1-33-15-17-4-11-24(32-14-17)20-8-9-21-19(13-20)7-6-18(25(21)28)5-2-16-3-10-22(23(27)12-16)26(29,30)31/h3-4,6-14H,2,5,15H2,1H3. The minimum atomic E-state index is -4.74. The molecule has 4 rings (SSSR count). The van der Waals surface area contributed by atoms with E-state index in [1.807, 2.05) is 18.2 Å². The summed E-state index contributed by atoms with van der Waals surface area (Å²) in [4.78, 5) is 4.43. The average Bonchev–Trinajstić information content (AvgIpc) is 2.78. The minimum Gasteiger partial charge on any atom is -0.380 e. The normalized spacial score (nSPS) is 11.8. The Labute approximate surface area is 187 Å². The van der Waals surface area contributed by atoms with Gasteiger partial charge in [0.15, 0.2) is 0 Å². The van der Waals surface area contributed by atoms with E-state index in [-0.39, 0.29) is 12.8 Å². The Balaban J connectivity index is 1.53. The van der Waals surface area contributed by atoms with Crippen LogP contribution in [0, 0.1) is 11.6 Å². The van der Waals surface area contributed by atoms with Crippen molar-refractivity contribution in [3.05, 3.63) is 101 Å². The summed E-state index contributed by atoms with van der Waals surface area (Å²) < 4.78 is 72.1. The highest BCUT2D eigenvalue weighted by molar-refractivity contribution is 5.88. The zero-order chi connectivity index (χ0) is 23.6. The molecule has 7 heteroatoms. The molecule has 0 saturated carbocycles. The van der Waals surface area contributed by atoms with Gasteiger partial charge in [-0.2, -0.15) is 13.2 Å². The van der Waals surface area contributed by atoms with E-state index < -0.39 is 23.4 Å². The summed E-state index contributed by atoms with van der Waals surface area (Å²) in [5, 5.41) is 1.14. The van der Waals surface area contributed by atoms with Gasteiger partial charge in [0.25, 0.3) is 0 Å². The fraction of sp³-hybridized carbons (Fsp3) is 0.192. The first-order valence-corrected chi connectivity index (χ1v) is 10.3. The lowest BCUT2D eigenvalue weighted by Gasteiger charge is -2.11. The van der Waals surface area contributed by atoms with E-state index in [0.29, 0.717) is 28.5 Å². The van der Waals surface area contributed by atoms with Crippen molar-refractivity contribution in [1.29, 1.82) is 0 Å². The minimum absolute atomic E-state index is 0.216. The van der Waals surface area contributed by atoms with Crippen molar-refractivity contribution in [2.75, 3.05) is 7.11 Å². The van der Waals surface area contributed by atoms with Crippen LogP contribution in [-0.2, 0) is 30.4 Å². The molecule has 0 aliphatic rings. The lowest BCUT2D eigenvalue weighted by atomic mass is 9.98. The van der Waals surface area contributed by atoms with E-state index in [1.54, 1.807) is 37.6 Å². The van der Waals surface area contributed by atoms with Crippen LogP contribution in [0.1, 0.15) is 22.3 Å². The van der Waals surface area contributed by atoms with E-state index in [9.17, 15) is 17.6 Å². The largest absolute Gasteiger partial charge is 0.419 e. The van der Waals surface area contributed by atoms with Gasteiger partial charge in [-0.1, -0.05) is 36.4 Å². The number of fused-ring (bicyclic) bond motifs is 1. The molecular formula is C26H20F5NO. The second-order valence-electron chi connectivity index (χ2n) is 7.77. The van der Waals surface area contributed by atoms with E-state index in [1.165, 1.54) is 6.07 Å². The number of ether oxygens (including phenoxy) is 1. The van der Waals surface area contributed by atoms with E-state index >= 15 is 4.39 Å². The van der Waals surface area contributed by atoms with Gasteiger partial charge in [-0.05, 0) is 59.2 Å². The van der Waals surface area contributed by atoms with E-state index in [4.69, 9.17) is 4.74 Å².